The third-order valence-corrected chi connectivity index (χ3v) is 3.04. The van der Waals surface area contributed by atoms with Crippen molar-refractivity contribution < 1.29 is 4.74 Å². The molecule has 0 radical (unpaired) electrons. The summed E-state index contributed by atoms with van der Waals surface area (Å²) in [6, 6.07) is 0. The fraction of sp³-hybridized carbons (Fsp3) is 1.00. The van der Waals surface area contributed by atoms with Gasteiger partial charge in [-0.1, -0.05) is 0 Å². The molecule has 0 aromatic rings. The van der Waals surface area contributed by atoms with E-state index in [1.807, 2.05) is 0 Å². The van der Waals surface area contributed by atoms with Gasteiger partial charge in [-0.2, -0.15) is 0 Å². The van der Waals surface area contributed by atoms with E-state index in [2.05, 4.69) is 24.3 Å². The Morgan fingerprint density at radius 2 is 2.42 bits per heavy atom. The Balaban J connectivity index is 2.06. The molecule has 2 saturated heterocycles. The molecular weight excluding hydrogens is 152 g/mol. The zero-order chi connectivity index (χ0) is 8.60. The topological polar surface area (TPSA) is 24.5 Å². The Morgan fingerprint density at radius 1 is 1.58 bits per heavy atom. The van der Waals surface area contributed by atoms with Crippen molar-refractivity contribution >= 4 is 0 Å². The Kier molecular flexibility index (Phi) is 2.10. The maximum Gasteiger partial charge on any atom is 0.0780 e. The van der Waals surface area contributed by atoms with Gasteiger partial charge in [0.1, 0.15) is 0 Å². The monoisotopic (exact) mass is 170 g/mol. The molecule has 0 spiro atoms. The minimum Gasteiger partial charge on any atom is -0.376 e. The van der Waals surface area contributed by atoms with Crippen molar-refractivity contribution in [3.8, 4) is 0 Å². The standard InChI is InChI=1S/C9H18N2O/c1-11(2)7-9-3-4-12-8(9)5-10-6-9/h8,10H,3-7H2,1-2H3. The highest BCUT2D eigenvalue weighted by Gasteiger charge is 2.47. The van der Waals surface area contributed by atoms with Gasteiger partial charge < -0.3 is 15.0 Å². The zero-order valence-electron chi connectivity index (χ0n) is 7.97. The van der Waals surface area contributed by atoms with Gasteiger partial charge in [0.05, 0.1) is 6.10 Å². The van der Waals surface area contributed by atoms with Gasteiger partial charge in [0, 0.05) is 31.7 Å². The van der Waals surface area contributed by atoms with Crippen LogP contribution in [0.3, 0.4) is 0 Å². The fourth-order valence-corrected chi connectivity index (χ4v) is 2.54. The van der Waals surface area contributed by atoms with E-state index >= 15 is 0 Å². The highest BCUT2D eigenvalue weighted by molar-refractivity contribution is 5.00. The smallest absolute Gasteiger partial charge is 0.0780 e. The third kappa shape index (κ3) is 1.26. The summed E-state index contributed by atoms with van der Waals surface area (Å²) in [6.07, 6.45) is 1.70. The number of rotatable bonds is 2. The van der Waals surface area contributed by atoms with Gasteiger partial charge in [-0.05, 0) is 20.5 Å². The van der Waals surface area contributed by atoms with Crippen molar-refractivity contribution in [2.45, 2.75) is 12.5 Å². The molecule has 0 aliphatic carbocycles. The van der Waals surface area contributed by atoms with E-state index in [-0.39, 0.29) is 0 Å². The van der Waals surface area contributed by atoms with Crippen LogP contribution in [-0.4, -0.2) is 51.3 Å². The SMILES string of the molecule is CN(C)CC12CCOC1CNC2. The number of ether oxygens (including phenoxy) is 1. The van der Waals surface area contributed by atoms with Crippen LogP contribution in [0.5, 0.6) is 0 Å². The van der Waals surface area contributed by atoms with Crippen LogP contribution in [0.2, 0.25) is 0 Å². The molecule has 0 saturated carbocycles. The molecule has 0 amide bonds. The second-order valence-electron chi connectivity index (χ2n) is 4.34. The summed E-state index contributed by atoms with van der Waals surface area (Å²) in [5, 5.41) is 3.42. The summed E-state index contributed by atoms with van der Waals surface area (Å²) in [5.41, 5.74) is 0.420. The van der Waals surface area contributed by atoms with Crippen LogP contribution >= 0.6 is 0 Å². The largest absolute Gasteiger partial charge is 0.376 e. The van der Waals surface area contributed by atoms with Gasteiger partial charge in [0.15, 0.2) is 0 Å². The minimum absolute atomic E-state index is 0.420. The van der Waals surface area contributed by atoms with Crippen LogP contribution in [0, 0.1) is 5.41 Å². The first-order chi connectivity index (χ1) is 5.73. The molecule has 1 N–H and O–H groups in total. The summed E-state index contributed by atoms with van der Waals surface area (Å²) in [4.78, 5) is 2.27. The van der Waals surface area contributed by atoms with E-state index in [0.717, 1.165) is 26.2 Å². The van der Waals surface area contributed by atoms with E-state index in [9.17, 15) is 0 Å². The van der Waals surface area contributed by atoms with Crippen molar-refractivity contribution in [1.82, 2.24) is 10.2 Å². The Morgan fingerprint density at radius 3 is 3.17 bits per heavy atom. The van der Waals surface area contributed by atoms with Crippen LogP contribution in [-0.2, 0) is 4.74 Å². The highest BCUT2D eigenvalue weighted by atomic mass is 16.5. The van der Waals surface area contributed by atoms with Crippen molar-refractivity contribution in [3.05, 3.63) is 0 Å². The first-order valence-electron chi connectivity index (χ1n) is 4.70. The molecule has 3 heteroatoms. The predicted molar refractivity (Wildman–Crippen MR) is 48.2 cm³/mol. The number of fused-ring (bicyclic) bond motifs is 1. The molecule has 2 rings (SSSR count). The van der Waals surface area contributed by atoms with Gasteiger partial charge in [0.2, 0.25) is 0 Å². The zero-order valence-corrected chi connectivity index (χ0v) is 7.97. The quantitative estimate of drug-likeness (QED) is 0.627. The normalized spacial score (nSPS) is 40.8. The molecule has 2 aliphatic rings. The molecule has 2 unspecified atom stereocenters. The van der Waals surface area contributed by atoms with E-state index in [1.54, 1.807) is 0 Å². The lowest BCUT2D eigenvalue weighted by molar-refractivity contribution is 0.0706. The van der Waals surface area contributed by atoms with Crippen molar-refractivity contribution in [3.63, 3.8) is 0 Å². The maximum atomic E-state index is 5.69. The summed E-state index contributed by atoms with van der Waals surface area (Å²) in [6.45, 7) is 4.30. The third-order valence-electron chi connectivity index (χ3n) is 3.04. The number of hydrogen-bond donors (Lipinski definition) is 1. The molecule has 12 heavy (non-hydrogen) atoms. The first-order valence-corrected chi connectivity index (χ1v) is 4.70. The van der Waals surface area contributed by atoms with Crippen LogP contribution in [0.15, 0.2) is 0 Å². The molecule has 2 aliphatic heterocycles. The predicted octanol–water partition coefficient (Wildman–Crippen LogP) is -0.0735. The minimum atomic E-state index is 0.420. The Hall–Kier alpha value is -0.120. The lowest BCUT2D eigenvalue weighted by atomic mass is 9.83. The van der Waals surface area contributed by atoms with Crippen LogP contribution < -0.4 is 5.32 Å². The maximum absolute atomic E-state index is 5.69. The van der Waals surface area contributed by atoms with Gasteiger partial charge in [-0.15, -0.1) is 0 Å². The van der Waals surface area contributed by atoms with Gasteiger partial charge in [-0.3, -0.25) is 0 Å². The molecule has 0 aromatic carbocycles. The van der Waals surface area contributed by atoms with Gasteiger partial charge in [-0.25, -0.2) is 0 Å². The first kappa shape index (κ1) is 8.48. The highest BCUT2D eigenvalue weighted by Crippen LogP contribution is 2.37. The lowest BCUT2D eigenvalue weighted by Crippen LogP contribution is -2.39. The molecule has 3 nitrogen and oxygen atoms in total. The second kappa shape index (κ2) is 2.98. The van der Waals surface area contributed by atoms with Crippen LogP contribution in [0.4, 0.5) is 0 Å². The van der Waals surface area contributed by atoms with Crippen molar-refractivity contribution in [2.24, 2.45) is 5.41 Å². The fourth-order valence-electron chi connectivity index (χ4n) is 2.54. The van der Waals surface area contributed by atoms with Crippen LogP contribution in [0.25, 0.3) is 0 Å². The van der Waals surface area contributed by atoms with Crippen LogP contribution in [0.1, 0.15) is 6.42 Å². The molecule has 2 atom stereocenters. The number of nitrogens with one attached hydrogen (secondary N) is 1. The van der Waals surface area contributed by atoms with E-state index in [0.29, 0.717) is 11.5 Å². The van der Waals surface area contributed by atoms with Gasteiger partial charge >= 0.3 is 0 Å². The second-order valence-corrected chi connectivity index (χ2v) is 4.34. The average Bonchev–Trinajstić information content (AvgIpc) is 2.42. The molecule has 0 aromatic heterocycles. The average molecular weight is 170 g/mol. The summed E-state index contributed by atoms with van der Waals surface area (Å²) in [5.74, 6) is 0. The van der Waals surface area contributed by atoms with E-state index in [4.69, 9.17) is 4.74 Å². The number of nitrogens with zero attached hydrogens (tertiary/aromatic N) is 1. The molecule has 2 fully saturated rings. The summed E-state index contributed by atoms with van der Waals surface area (Å²) >= 11 is 0. The van der Waals surface area contributed by atoms with Crippen molar-refractivity contribution in [2.75, 3.05) is 40.3 Å². The summed E-state index contributed by atoms with van der Waals surface area (Å²) in [7, 11) is 4.28. The van der Waals surface area contributed by atoms with Crippen molar-refractivity contribution in [1.29, 1.82) is 0 Å². The molecule has 70 valence electrons. The lowest BCUT2D eigenvalue weighted by Gasteiger charge is -2.29. The Labute approximate surface area is 74.1 Å². The van der Waals surface area contributed by atoms with E-state index in [1.165, 1.54) is 6.42 Å². The van der Waals surface area contributed by atoms with Gasteiger partial charge in [0.25, 0.3) is 0 Å². The molecular formula is C9H18N2O. The molecule has 2 heterocycles. The van der Waals surface area contributed by atoms with E-state index < -0.39 is 0 Å². The summed E-state index contributed by atoms with van der Waals surface area (Å²) < 4.78 is 5.69. The molecule has 0 bridgehead atoms. The Bertz CT molecular complexity index is 160. The number of hydrogen-bond acceptors (Lipinski definition) is 3.